The van der Waals surface area contributed by atoms with E-state index in [1.807, 2.05) is 25.1 Å². The van der Waals surface area contributed by atoms with Crippen molar-refractivity contribution in [2.24, 2.45) is 7.05 Å². The Morgan fingerprint density at radius 1 is 1.18 bits per heavy atom. The lowest BCUT2D eigenvalue weighted by Gasteiger charge is -2.33. The van der Waals surface area contributed by atoms with Crippen LogP contribution in [0.3, 0.4) is 0 Å². The van der Waals surface area contributed by atoms with Crippen LogP contribution in [-0.2, 0) is 27.6 Å². The lowest BCUT2D eigenvalue weighted by molar-refractivity contribution is -0.127. The Balaban J connectivity index is 1.58. The van der Waals surface area contributed by atoms with Crippen molar-refractivity contribution in [3.8, 4) is 0 Å². The molecule has 7 nitrogen and oxygen atoms in total. The quantitative estimate of drug-likeness (QED) is 0.691. The minimum absolute atomic E-state index is 0.0273. The molecule has 0 N–H and O–H groups in total. The predicted octanol–water partition coefficient (Wildman–Crippen LogP) is 2.07. The minimum Gasteiger partial charge on any atom is -0.337 e. The van der Waals surface area contributed by atoms with E-state index in [9.17, 15) is 13.2 Å². The molecule has 1 aromatic carbocycles. The number of hydrogen-bond acceptors (Lipinski definition) is 4. The number of nitrogens with zero attached hydrogens (tertiary/aromatic N) is 4. The lowest BCUT2D eigenvalue weighted by Crippen LogP contribution is -2.50. The van der Waals surface area contributed by atoms with Gasteiger partial charge in [0.2, 0.25) is 15.9 Å². The highest BCUT2D eigenvalue weighted by atomic mass is 35.5. The third kappa shape index (κ3) is 4.63. The maximum Gasteiger partial charge on any atom is 0.246 e. The molecule has 0 aliphatic carbocycles. The molecule has 0 atom stereocenters. The number of carbonyl (C=O) groups is 1. The summed E-state index contributed by atoms with van der Waals surface area (Å²) >= 11 is 6.17. The van der Waals surface area contributed by atoms with Crippen LogP contribution in [0.2, 0.25) is 5.15 Å². The molecule has 1 amide bonds. The van der Waals surface area contributed by atoms with Crippen molar-refractivity contribution in [1.82, 2.24) is 19.0 Å². The van der Waals surface area contributed by atoms with Gasteiger partial charge in [0.05, 0.1) is 11.4 Å². The van der Waals surface area contributed by atoms with Crippen LogP contribution in [0, 0.1) is 6.92 Å². The van der Waals surface area contributed by atoms with Crippen LogP contribution in [0.5, 0.6) is 0 Å². The van der Waals surface area contributed by atoms with Crippen molar-refractivity contribution in [1.29, 1.82) is 0 Å². The molecular weight excluding hydrogens is 400 g/mol. The fourth-order valence-electron chi connectivity index (χ4n) is 3.16. The van der Waals surface area contributed by atoms with E-state index < -0.39 is 10.0 Å². The van der Waals surface area contributed by atoms with Crippen LogP contribution in [0.4, 0.5) is 0 Å². The second kappa shape index (κ2) is 8.46. The Bertz CT molecular complexity index is 978. The van der Waals surface area contributed by atoms with E-state index in [0.29, 0.717) is 36.9 Å². The van der Waals surface area contributed by atoms with E-state index in [0.717, 1.165) is 11.3 Å². The topological polar surface area (TPSA) is 75.5 Å². The summed E-state index contributed by atoms with van der Waals surface area (Å²) < 4.78 is 28.2. The maximum atomic E-state index is 12.6. The zero-order valence-electron chi connectivity index (χ0n) is 15.9. The Morgan fingerprint density at radius 3 is 2.39 bits per heavy atom. The fraction of sp³-hybridized carbons (Fsp3) is 0.368. The van der Waals surface area contributed by atoms with Crippen LogP contribution in [0.1, 0.15) is 16.8 Å². The van der Waals surface area contributed by atoms with Gasteiger partial charge in [0.25, 0.3) is 0 Å². The SMILES string of the molecule is Cc1nn(C)c(Cl)c1/C=C/C(=O)N1CCN(S(=O)(=O)Cc2ccccc2)CC1. The average molecular weight is 423 g/mol. The molecule has 2 aromatic rings. The first-order valence-electron chi connectivity index (χ1n) is 8.96. The summed E-state index contributed by atoms with van der Waals surface area (Å²) in [5.74, 6) is -0.195. The van der Waals surface area contributed by atoms with Gasteiger partial charge in [-0.15, -0.1) is 0 Å². The molecule has 2 heterocycles. The van der Waals surface area contributed by atoms with Gasteiger partial charge < -0.3 is 4.90 Å². The maximum absolute atomic E-state index is 12.6. The van der Waals surface area contributed by atoms with Crippen LogP contribution >= 0.6 is 11.6 Å². The van der Waals surface area contributed by atoms with E-state index in [-0.39, 0.29) is 11.7 Å². The number of sulfonamides is 1. The van der Waals surface area contributed by atoms with Gasteiger partial charge in [0.1, 0.15) is 5.15 Å². The normalized spacial score (nSPS) is 16.0. The van der Waals surface area contributed by atoms with Crippen molar-refractivity contribution < 1.29 is 13.2 Å². The lowest BCUT2D eigenvalue weighted by atomic mass is 10.2. The second-order valence-electron chi connectivity index (χ2n) is 6.71. The van der Waals surface area contributed by atoms with Gasteiger partial charge in [0, 0.05) is 44.9 Å². The number of benzene rings is 1. The van der Waals surface area contributed by atoms with Crippen molar-refractivity contribution in [2.75, 3.05) is 26.2 Å². The molecule has 150 valence electrons. The highest BCUT2D eigenvalue weighted by Gasteiger charge is 2.28. The number of hydrogen-bond donors (Lipinski definition) is 0. The monoisotopic (exact) mass is 422 g/mol. The predicted molar refractivity (Wildman–Crippen MR) is 109 cm³/mol. The molecule has 0 spiro atoms. The van der Waals surface area contributed by atoms with Crippen LogP contribution in [0.25, 0.3) is 6.08 Å². The molecule has 0 radical (unpaired) electrons. The Morgan fingerprint density at radius 2 is 1.82 bits per heavy atom. The first-order chi connectivity index (χ1) is 13.3. The molecule has 1 aliphatic heterocycles. The van der Waals surface area contributed by atoms with E-state index in [1.54, 1.807) is 34.8 Å². The van der Waals surface area contributed by atoms with E-state index >= 15 is 0 Å². The highest BCUT2D eigenvalue weighted by molar-refractivity contribution is 7.88. The van der Waals surface area contributed by atoms with Crippen molar-refractivity contribution in [3.05, 3.63) is 58.4 Å². The third-order valence-corrected chi connectivity index (χ3v) is 7.02. The third-order valence-electron chi connectivity index (χ3n) is 4.72. The summed E-state index contributed by atoms with van der Waals surface area (Å²) in [7, 11) is -1.66. The van der Waals surface area contributed by atoms with E-state index in [4.69, 9.17) is 11.6 Å². The Labute approximate surface area is 170 Å². The number of amides is 1. The van der Waals surface area contributed by atoms with Crippen LogP contribution in [-0.4, -0.2) is 59.5 Å². The molecule has 0 saturated carbocycles. The van der Waals surface area contributed by atoms with Crippen molar-refractivity contribution in [3.63, 3.8) is 0 Å². The van der Waals surface area contributed by atoms with Gasteiger partial charge in [-0.3, -0.25) is 9.48 Å². The molecule has 1 aromatic heterocycles. The number of aromatic nitrogens is 2. The molecule has 9 heteroatoms. The molecule has 1 aliphatic rings. The fourth-order valence-corrected chi connectivity index (χ4v) is 4.91. The smallest absolute Gasteiger partial charge is 0.246 e. The van der Waals surface area contributed by atoms with Crippen LogP contribution in [0.15, 0.2) is 36.4 Å². The summed E-state index contributed by atoms with van der Waals surface area (Å²) in [4.78, 5) is 14.1. The van der Waals surface area contributed by atoms with Gasteiger partial charge in [0.15, 0.2) is 0 Å². The van der Waals surface area contributed by atoms with E-state index in [1.165, 1.54) is 10.4 Å². The second-order valence-corrected chi connectivity index (χ2v) is 9.04. The minimum atomic E-state index is -3.40. The summed E-state index contributed by atoms with van der Waals surface area (Å²) in [5, 5.41) is 4.68. The van der Waals surface area contributed by atoms with E-state index in [2.05, 4.69) is 5.10 Å². The summed E-state index contributed by atoms with van der Waals surface area (Å²) in [5.41, 5.74) is 2.21. The van der Waals surface area contributed by atoms with Gasteiger partial charge in [-0.1, -0.05) is 41.9 Å². The first-order valence-corrected chi connectivity index (χ1v) is 10.9. The molecule has 3 rings (SSSR count). The molecule has 28 heavy (non-hydrogen) atoms. The highest BCUT2D eigenvalue weighted by Crippen LogP contribution is 2.20. The zero-order valence-corrected chi connectivity index (χ0v) is 17.4. The summed E-state index contributed by atoms with van der Waals surface area (Å²) in [6.07, 6.45) is 3.12. The summed E-state index contributed by atoms with van der Waals surface area (Å²) in [6.45, 7) is 3.13. The molecular formula is C19H23ClN4O3S. The van der Waals surface area contributed by atoms with Gasteiger partial charge in [-0.2, -0.15) is 9.40 Å². The van der Waals surface area contributed by atoms with Gasteiger partial charge in [-0.05, 0) is 18.6 Å². The molecule has 0 bridgehead atoms. The Hall–Kier alpha value is -2.16. The standard InChI is InChI=1S/C19H23ClN4O3S/c1-15-17(19(20)22(2)21-15)8-9-18(25)23-10-12-24(13-11-23)28(26,27)14-16-6-4-3-5-7-16/h3-9H,10-14H2,1-2H3/b9-8+. The zero-order chi connectivity index (χ0) is 20.3. The molecule has 1 fully saturated rings. The first kappa shape index (κ1) is 20.6. The van der Waals surface area contributed by atoms with Crippen molar-refractivity contribution in [2.45, 2.75) is 12.7 Å². The van der Waals surface area contributed by atoms with Gasteiger partial charge >= 0.3 is 0 Å². The number of piperazine rings is 1. The summed E-state index contributed by atoms with van der Waals surface area (Å²) in [6, 6.07) is 9.10. The number of carbonyl (C=O) groups excluding carboxylic acids is 1. The number of rotatable bonds is 5. The van der Waals surface area contributed by atoms with Crippen LogP contribution < -0.4 is 0 Å². The Kier molecular flexibility index (Phi) is 6.22. The van der Waals surface area contributed by atoms with Gasteiger partial charge in [-0.25, -0.2) is 8.42 Å². The number of halogens is 1. The average Bonchev–Trinajstić information content (AvgIpc) is 2.92. The largest absolute Gasteiger partial charge is 0.337 e. The number of aryl methyl sites for hydroxylation is 2. The molecule has 1 saturated heterocycles. The van der Waals surface area contributed by atoms with Crippen molar-refractivity contribution >= 4 is 33.6 Å². The molecule has 0 unspecified atom stereocenters.